The third-order valence-corrected chi connectivity index (χ3v) is 3.67. The molecule has 1 saturated carbocycles. The average Bonchev–Trinajstić information content (AvgIpc) is 3.18. The summed E-state index contributed by atoms with van der Waals surface area (Å²) in [5.74, 6) is 0. The van der Waals surface area contributed by atoms with E-state index in [1.807, 2.05) is 6.07 Å². The van der Waals surface area contributed by atoms with E-state index in [1.54, 1.807) is 7.11 Å². The lowest BCUT2D eigenvalue weighted by Gasteiger charge is -2.14. The normalized spacial score (nSPS) is 17.2. The molecule has 1 aromatic carbocycles. The molecule has 18 heavy (non-hydrogen) atoms. The van der Waals surface area contributed by atoms with Crippen LogP contribution >= 0.6 is 0 Å². The van der Waals surface area contributed by atoms with Crippen LogP contribution in [0.4, 0.5) is 0 Å². The third kappa shape index (κ3) is 4.28. The molecule has 2 rings (SSSR count). The molecule has 1 fully saturated rings. The van der Waals surface area contributed by atoms with Gasteiger partial charge in [0.25, 0.3) is 0 Å². The van der Waals surface area contributed by atoms with Gasteiger partial charge in [0, 0.05) is 26.8 Å². The number of hydrogen-bond donors (Lipinski definition) is 1. The summed E-state index contributed by atoms with van der Waals surface area (Å²) >= 11 is 0. The molecule has 0 aliphatic heterocycles. The monoisotopic (exact) mass is 245 g/mol. The van der Waals surface area contributed by atoms with Crippen LogP contribution in [0, 0.1) is 5.41 Å². The minimum Gasteiger partial charge on any atom is -0.385 e. The lowest BCUT2D eigenvalue weighted by molar-refractivity contribution is 0.171. The van der Waals surface area contributed by atoms with Crippen LogP contribution in [-0.2, 0) is 4.74 Å². The zero-order chi connectivity index (χ0) is 12.7. The van der Waals surface area contributed by atoms with Gasteiger partial charge in [0.05, 0.1) is 0 Å². The van der Waals surface area contributed by atoms with Gasteiger partial charge in [-0.1, -0.05) is 42.5 Å². The fourth-order valence-electron chi connectivity index (χ4n) is 2.19. The minimum atomic E-state index is 0.538. The second kappa shape index (κ2) is 6.72. The van der Waals surface area contributed by atoms with Gasteiger partial charge in [0.15, 0.2) is 0 Å². The molecule has 1 N–H and O–H groups in total. The topological polar surface area (TPSA) is 21.3 Å². The van der Waals surface area contributed by atoms with Crippen molar-refractivity contribution in [3.05, 3.63) is 42.0 Å². The first-order valence-corrected chi connectivity index (χ1v) is 6.76. The Bertz CT molecular complexity index is 368. The van der Waals surface area contributed by atoms with Crippen LogP contribution in [0.3, 0.4) is 0 Å². The van der Waals surface area contributed by atoms with Gasteiger partial charge < -0.3 is 10.1 Å². The largest absolute Gasteiger partial charge is 0.385 e. The maximum absolute atomic E-state index is 5.16. The van der Waals surface area contributed by atoms with Crippen molar-refractivity contribution in [2.75, 3.05) is 26.8 Å². The molecular weight excluding hydrogens is 222 g/mol. The third-order valence-electron chi connectivity index (χ3n) is 3.67. The van der Waals surface area contributed by atoms with Crippen LogP contribution in [0.5, 0.6) is 0 Å². The fourth-order valence-corrected chi connectivity index (χ4v) is 2.19. The number of methoxy groups -OCH3 is 1. The van der Waals surface area contributed by atoms with Gasteiger partial charge in [-0.15, -0.1) is 0 Å². The van der Waals surface area contributed by atoms with Crippen molar-refractivity contribution in [3.63, 3.8) is 0 Å². The van der Waals surface area contributed by atoms with E-state index < -0.39 is 0 Å². The molecule has 0 aromatic heterocycles. The first-order chi connectivity index (χ1) is 8.85. The van der Waals surface area contributed by atoms with E-state index in [0.29, 0.717) is 5.41 Å². The van der Waals surface area contributed by atoms with Crippen LogP contribution < -0.4 is 5.32 Å². The van der Waals surface area contributed by atoms with Crippen LogP contribution in [0.2, 0.25) is 0 Å². The Hall–Kier alpha value is -1.12. The summed E-state index contributed by atoms with van der Waals surface area (Å²) in [5.41, 5.74) is 1.80. The summed E-state index contributed by atoms with van der Waals surface area (Å²) in [5, 5.41) is 3.52. The van der Waals surface area contributed by atoms with E-state index in [1.165, 1.54) is 24.8 Å². The van der Waals surface area contributed by atoms with Gasteiger partial charge in [-0.2, -0.15) is 0 Å². The Kier molecular flexibility index (Phi) is 4.97. The molecule has 1 aliphatic carbocycles. The average molecular weight is 245 g/mol. The second-order valence-electron chi connectivity index (χ2n) is 5.19. The highest BCUT2D eigenvalue weighted by molar-refractivity contribution is 5.48. The maximum Gasteiger partial charge on any atom is 0.0468 e. The van der Waals surface area contributed by atoms with Gasteiger partial charge in [-0.05, 0) is 30.2 Å². The summed E-state index contributed by atoms with van der Waals surface area (Å²) in [4.78, 5) is 0. The molecule has 1 aliphatic rings. The van der Waals surface area contributed by atoms with E-state index in [0.717, 1.165) is 19.7 Å². The molecule has 1 aromatic rings. The highest BCUT2D eigenvalue weighted by Gasteiger charge is 2.41. The molecular formula is C16H23NO. The van der Waals surface area contributed by atoms with Crippen molar-refractivity contribution in [1.82, 2.24) is 5.32 Å². The number of benzene rings is 1. The van der Waals surface area contributed by atoms with Gasteiger partial charge in [0.2, 0.25) is 0 Å². The summed E-state index contributed by atoms with van der Waals surface area (Å²) in [7, 11) is 1.78. The quantitative estimate of drug-likeness (QED) is 0.711. The highest BCUT2D eigenvalue weighted by Crippen LogP contribution is 2.48. The van der Waals surface area contributed by atoms with Gasteiger partial charge in [-0.3, -0.25) is 0 Å². The van der Waals surface area contributed by atoms with Crippen molar-refractivity contribution in [2.24, 2.45) is 5.41 Å². The number of ether oxygens (including phenoxy) is 1. The highest BCUT2D eigenvalue weighted by atomic mass is 16.5. The first-order valence-electron chi connectivity index (χ1n) is 6.76. The summed E-state index contributed by atoms with van der Waals surface area (Å²) in [6.45, 7) is 2.96. The van der Waals surface area contributed by atoms with Crippen molar-refractivity contribution >= 4 is 6.08 Å². The van der Waals surface area contributed by atoms with E-state index in [4.69, 9.17) is 4.74 Å². The fraction of sp³-hybridized carbons (Fsp3) is 0.500. The molecule has 2 heteroatoms. The molecule has 0 heterocycles. The minimum absolute atomic E-state index is 0.538. The molecule has 0 saturated heterocycles. The van der Waals surface area contributed by atoms with Gasteiger partial charge >= 0.3 is 0 Å². The van der Waals surface area contributed by atoms with E-state index >= 15 is 0 Å². The molecule has 0 spiro atoms. The molecule has 98 valence electrons. The second-order valence-corrected chi connectivity index (χ2v) is 5.19. The molecule has 0 radical (unpaired) electrons. The zero-order valence-electron chi connectivity index (χ0n) is 11.2. The summed E-state index contributed by atoms with van der Waals surface area (Å²) in [6, 6.07) is 10.4. The van der Waals surface area contributed by atoms with Crippen LogP contribution in [0.1, 0.15) is 24.8 Å². The van der Waals surface area contributed by atoms with Gasteiger partial charge in [-0.25, -0.2) is 0 Å². The van der Waals surface area contributed by atoms with Crippen molar-refractivity contribution in [3.8, 4) is 0 Å². The molecule has 2 nitrogen and oxygen atoms in total. The van der Waals surface area contributed by atoms with E-state index in [2.05, 4.69) is 41.7 Å². The lowest BCUT2D eigenvalue weighted by Crippen LogP contribution is -2.25. The molecule has 0 atom stereocenters. The predicted octanol–water partition coefficient (Wildman–Crippen LogP) is 3.11. The Morgan fingerprint density at radius 1 is 1.28 bits per heavy atom. The Morgan fingerprint density at radius 2 is 2.06 bits per heavy atom. The van der Waals surface area contributed by atoms with Crippen molar-refractivity contribution in [1.29, 1.82) is 0 Å². The Labute approximate surface area is 110 Å². The van der Waals surface area contributed by atoms with Crippen LogP contribution in [0.25, 0.3) is 6.08 Å². The van der Waals surface area contributed by atoms with Crippen LogP contribution in [0.15, 0.2) is 36.4 Å². The summed E-state index contributed by atoms with van der Waals surface area (Å²) < 4.78 is 5.16. The van der Waals surface area contributed by atoms with Crippen LogP contribution in [-0.4, -0.2) is 26.8 Å². The molecule has 0 bridgehead atoms. The number of nitrogens with one attached hydrogen (secondary N) is 1. The molecule has 0 amide bonds. The van der Waals surface area contributed by atoms with Crippen molar-refractivity contribution < 1.29 is 4.74 Å². The Balaban J connectivity index is 1.63. The Morgan fingerprint density at radius 3 is 2.72 bits per heavy atom. The van der Waals surface area contributed by atoms with Gasteiger partial charge in [0.1, 0.15) is 0 Å². The number of rotatable bonds is 8. The maximum atomic E-state index is 5.16. The van der Waals surface area contributed by atoms with E-state index in [9.17, 15) is 0 Å². The zero-order valence-corrected chi connectivity index (χ0v) is 11.2. The van der Waals surface area contributed by atoms with Crippen molar-refractivity contribution in [2.45, 2.75) is 19.3 Å². The molecule has 0 unspecified atom stereocenters. The predicted molar refractivity (Wildman–Crippen MR) is 76.5 cm³/mol. The summed E-state index contributed by atoms with van der Waals surface area (Å²) in [6.07, 6.45) is 8.26. The number of hydrogen-bond acceptors (Lipinski definition) is 2. The van der Waals surface area contributed by atoms with E-state index in [-0.39, 0.29) is 0 Å². The smallest absolute Gasteiger partial charge is 0.0468 e. The lowest BCUT2D eigenvalue weighted by atomic mass is 10.0. The first kappa shape index (κ1) is 13.3. The standard InChI is InChI=1S/C16H23NO/c1-18-13-11-16(9-10-16)14-17-12-5-8-15-6-3-2-4-7-15/h2-8,17H,9-14H2,1H3/b8-5+. The SMILES string of the molecule is COCCC1(CNC/C=C/c2ccccc2)CC1.